The molecule has 0 saturated heterocycles. The minimum Gasteiger partial charge on any atom is -0.480 e. The van der Waals surface area contributed by atoms with E-state index in [-0.39, 0.29) is 6.54 Å². The molecule has 0 spiro atoms. The molecule has 1 heterocycles. The number of carboxylic acid groups (broad SMARTS) is 1. The number of rotatable bonds is 5. The van der Waals surface area contributed by atoms with E-state index in [1.165, 1.54) is 0 Å². The molecule has 8 nitrogen and oxygen atoms in total. The molecule has 0 aromatic carbocycles. The van der Waals surface area contributed by atoms with E-state index in [1.807, 2.05) is 0 Å². The van der Waals surface area contributed by atoms with E-state index in [0.717, 1.165) is 0 Å². The number of carbonyl (C=O) groups excluding carboxylic acids is 1. The molecule has 2 amide bonds. The van der Waals surface area contributed by atoms with E-state index in [4.69, 9.17) is 14.7 Å². The Morgan fingerprint density at radius 3 is 2.76 bits per heavy atom. The predicted molar refractivity (Wildman–Crippen MR) is 55.1 cm³/mol. The zero-order valence-electron chi connectivity index (χ0n) is 9.14. The summed E-state index contributed by atoms with van der Waals surface area (Å²) < 4.78 is 4.84. The Kier molecular flexibility index (Phi) is 4.46. The zero-order chi connectivity index (χ0) is 12.8. The highest BCUT2D eigenvalue weighted by atomic mass is 16.5. The number of aryl methyl sites for hydroxylation is 1. The monoisotopic (exact) mass is 243 g/mol. The molecule has 1 aromatic rings. The molecule has 0 radical (unpaired) electrons. The summed E-state index contributed by atoms with van der Waals surface area (Å²) in [4.78, 5) is 21.8. The summed E-state index contributed by atoms with van der Waals surface area (Å²) in [6.45, 7) is 1.15. The maximum atomic E-state index is 11.2. The number of carboxylic acids is 1. The van der Waals surface area contributed by atoms with Crippen LogP contribution in [0.5, 0.6) is 0 Å². The molecule has 0 aliphatic carbocycles. The quantitative estimate of drug-likeness (QED) is 0.538. The number of aliphatic hydroxyl groups is 1. The Labute approximate surface area is 96.6 Å². The third-order valence-corrected chi connectivity index (χ3v) is 1.89. The summed E-state index contributed by atoms with van der Waals surface area (Å²) in [6.07, 6.45) is 0. The smallest absolute Gasteiger partial charge is 0.328 e. The van der Waals surface area contributed by atoms with Gasteiger partial charge in [-0.15, -0.1) is 0 Å². The Bertz CT molecular complexity index is 403. The number of hydrogen-bond donors (Lipinski definition) is 4. The fourth-order valence-electron chi connectivity index (χ4n) is 1.06. The van der Waals surface area contributed by atoms with Crippen LogP contribution >= 0.6 is 0 Å². The summed E-state index contributed by atoms with van der Waals surface area (Å²) in [5, 5.41) is 25.3. The lowest BCUT2D eigenvalue weighted by Gasteiger charge is -2.11. The minimum absolute atomic E-state index is 0.0877. The molecule has 94 valence electrons. The van der Waals surface area contributed by atoms with Gasteiger partial charge < -0.3 is 25.4 Å². The van der Waals surface area contributed by atoms with Crippen molar-refractivity contribution in [2.45, 2.75) is 19.5 Å². The van der Waals surface area contributed by atoms with Crippen LogP contribution in [0.15, 0.2) is 10.6 Å². The maximum Gasteiger partial charge on any atom is 0.328 e. The minimum atomic E-state index is -1.33. The van der Waals surface area contributed by atoms with Gasteiger partial charge in [0.1, 0.15) is 0 Å². The first-order chi connectivity index (χ1) is 8.02. The fourth-order valence-corrected chi connectivity index (χ4v) is 1.06. The van der Waals surface area contributed by atoms with Gasteiger partial charge in [0.15, 0.2) is 11.8 Å². The third kappa shape index (κ3) is 4.11. The van der Waals surface area contributed by atoms with Gasteiger partial charge in [-0.1, -0.05) is 5.16 Å². The van der Waals surface area contributed by atoms with Crippen molar-refractivity contribution in [3.8, 4) is 0 Å². The summed E-state index contributed by atoms with van der Waals surface area (Å²) in [5.41, 5.74) is 0.681. The number of aliphatic hydroxyl groups excluding tert-OH is 1. The molecule has 0 bridgehead atoms. The lowest BCUT2D eigenvalue weighted by Crippen LogP contribution is -2.47. The number of carbonyl (C=O) groups is 2. The van der Waals surface area contributed by atoms with E-state index in [0.29, 0.717) is 11.5 Å². The highest BCUT2D eigenvalue weighted by Crippen LogP contribution is 2.00. The standard InChI is InChI=1S/C9H13N3O5/c1-5-2-6(17-12-5)3-10-9(16)11-7(4-13)8(14)15/h2,7,13H,3-4H2,1H3,(H,14,15)(H2,10,11,16). The first kappa shape index (κ1) is 13.0. The molecule has 0 aliphatic rings. The van der Waals surface area contributed by atoms with Crippen LogP contribution in [0.1, 0.15) is 11.5 Å². The second kappa shape index (κ2) is 5.85. The van der Waals surface area contributed by atoms with Crippen LogP contribution in [0.2, 0.25) is 0 Å². The van der Waals surface area contributed by atoms with Gasteiger partial charge in [0.25, 0.3) is 0 Å². The number of amides is 2. The first-order valence-electron chi connectivity index (χ1n) is 4.83. The van der Waals surface area contributed by atoms with E-state index in [1.54, 1.807) is 13.0 Å². The van der Waals surface area contributed by atoms with Crippen LogP contribution in [0.3, 0.4) is 0 Å². The summed E-state index contributed by atoms with van der Waals surface area (Å²) >= 11 is 0. The molecule has 1 aromatic heterocycles. The highest BCUT2D eigenvalue weighted by Gasteiger charge is 2.18. The number of hydrogen-bond acceptors (Lipinski definition) is 5. The molecule has 4 N–H and O–H groups in total. The average molecular weight is 243 g/mol. The number of urea groups is 1. The predicted octanol–water partition coefficient (Wildman–Crippen LogP) is -0.772. The van der Waals surface area contributed by atoms with Crippen molar-refractivity contribution < 1.29 is 24.3 Å². The van der Waals surface area contributed by atoms with Crippen molar-refractivity contribution in [1.82, 2.24) is 15.8 Å². The topological polar surface area (TPSA) is 125 Å². The highest BCUT2D eigenvalue weighted by molar-refractivity contribution is 5.82. The Morgan fingerprint density at radius 1 is 1.59 bits per heavy atom. The van der Waals surface area contributed by atoms with Crippen molar-refractivity contribution in [3.63, 3.8) is 0 Å². The Hall–Kier alpha value is -2.09. The van der Waals surface area contributed by atoms with Gasteiger partial charge in [0.2, 0.25) is 0 Å². The lowest BCUT2D eigenvalue weighted by molar-refractivity contribution is -0.140. The second-order valence-corrected chi connectivity index (χ2v) is 3.34. The van der Waals surface area contributed by atoms with Gasteiger partial charge in [0, 0.05) is 6.07 Å². The van der Waals surface area contributed by atoms with Gasteiger partial charge in [-0.2, -0.15) is 0 Å². The molecule has 0 saturated carbocycles. The number of nitrogens with zero attached hydrogens (tertiary/aromatic N) is 1. The van der Waals surface area contributed by atoms with Gasteiger partial charge >= 0.3 is 12.0 Å². The van der Waals surface area contributed by atoms with E-state index in [9.17, 15) is 9.59 Å². The molecular weight excluding hydrogens is 230 g/mol. The molecule has 1 rings (SSSR count). The van der Waals surface area contributed by atoms with Crippen LogP contribution in [-0.4, -0.2) is 40.0 Å². The summed E-state index contributed by atoms with van der Waals surface area (Å²) in [5.74, 6) is -0.855. The molecular formula is C9H13N3O5. The Morgan fingerprint density at radius 2 is 2.29 bits per heavy atom. The van der Waals surface area contributed by atoms with Crippen LogP contribution in [0.4, 0.5) is 4.79 Å². The fraction of sp³-hybridized carbons (Fsp3) is 0.444. The molecule has 0 aliphatic heterocycles. The maximum absolute atomic E-state index is 11.2. The lowest BCUT2D eigenvalue weighted by atomic mass is 10.3. The zero-order valence-corrected chi connectivity index (χ0v) is 9.14. The van der Waals surface area contributed by atoms with Gasteiger partial charge in [0.05, 0.1) is 18.8 Å². The van der Waals surface area contributed by atoms with Crippen molar-refractivity contribution in [3.05, 3.63) is 17.5 Å². The van der Waals surface area contributed by atoms with Crippen LogP contribution < -0.4 is 10.6 Å². The normalized spacial score (nSPS) is 11.9. The molecule has 0 fully saturated rings. The third-order valence-electron chi connectivity index (χ3n) is 1.89. The summed E-state index contributed by atoms with van der Waals surface area (Å²) in [6, 6.07) is -0.395. The van der Waals surface area contributed by atoms with Crippen molar-refractivity contribution in [1.29, 1.82) is 0 Å². The second-order valence-electron chi connectivity index (χ2n) is 3.34. The molecule has 17 heavy (non-hydrogen) atoms. The summed E-state index contributed by atoms with van der Waals surface area (Å²) in [7, 11) is 0. The van der Waals surface area contributed by atoms with Crippen molar-refractivity contribution >= 4 is 12.0 Å². The average Bonchev–Trinajstić information content (AvgIpc) is 2.68. The first-order valence-corrected chi connectivity index (χ1v) is 4.83. The van der Waals surface area contributed by atoms with E-state index < -0.39 is 24.6 Å². The van der Waals surface area contributed by atoms with Gasteiger partial charge in [-0.3, -0.25) is 0 Å². The number of aliphatic carboxylic acids is 1. The molecule has 1 unspecified atom stereocenters. The van der Waals surface area contributed by atoms with Gasteiger partial charge in [-0.05, 0) is 6.92 Å². The van der Waals surface area contributed by atoms with Crippen LogP contribution in [-0.2, 0) is 11.3 Å². The largest absolute Gasteiger partial charge is 0.480 e. The number of aromatic nitrogens is 1. The van der Waals surface area contributed by atoms with E-state index >= 15 is 0 Å². The van der Waals surface area contributed by atoms with Crippen LogP contribution in [0, 0.1) is 6.92 Å². The molecule has 8 heteroatoms. The Balaban J connectivity index is 2.37. The molecule has 1 atom stereocenters. The SMILES string of the molecule is Cc1cc(CNC(=O)NC(CO)C(=O)O)on1. The van der Waals surface area contributed by atoms with Crippen molar-refractivity contribution in [2.24, 2.45) is 0 Å². The van der Waals surface area contributed by atoms with E-state index in [2.05, 4.69) is 15.8 Å². The van der Waals surface area contributed by atoms with Crippen molar-refractivity contribution in [2.75, 3.05) is 6.61 Å². The van der Waals surface area contributed by atoms with Gasteiger partial charge in [-0.25, -0.2) is 9.59 Å². The van der Waals surface area contributed by atoms with Crippen LogP contribution in [0.25, 0.3) is 0 Å². The number of nitrogens with one attached hydrogen (secondary N) is 2.